The molecule has 1 unspecified atom stereocenters. The lowest BCUT2D eigenvalue weighted by atomic mass is 10.1. The Bertz CT molecular complexity index is 435. The Hall–Kier alpha value is -0.770. The summed E-state index contributed by atoms with van der Waals surface area (Å²) in [7, 11) is 0. The molecule has 0 saturated carbocycles. The van der Waals surface area contributed by atoms with Crippen LogP contribution in [0.4, 0.5) is 0 Å². The molecule has 2 heterocycles. The van der Waals surface area contributed by atoms with Gasteiger partial charge in [-0.1, -0.05) is 11.6 Å². The van der Waals surface area contributed by atoms with Crippen molar-refractivity contribution in [1.82, 2.24) is 0 Å². The van der Waals surface area contributed by atoms with Crippen LogP contribution in [0.25, 0.3) is 0 Å². The molecule has 2 aromatic heterocycles. The van der Waals surface area contributed by atoms with Gasteiger partial charge in [-0.15, -0.1) is 11.3 Å². The van der Waals surface area contributed by atoms with Gasteiger partial charge in [-0.3, -0.25) is 0 Å². The maximum absolute atomic E-state index is 6.07. The minimum atomic E-state index is -0.133. The molecule has 4 heteroatoms. The fraction of sp³-hybridized carbons (Fsp3) is 0.200. The topological polar surface area (TPSA) is 39.2 Å². The second kappa shape index (κ2) is 3.77. The molecule has 0 aromatic carbocycles. The van der Waals surface area contributed by atoms with E-state index < -0.39 is 0 Å². The number of furan rings is 1. The van der Waals surface area contributed by atoms with E-state index in [0.29, 0.717) is 0 Å². The van der Waals surface area contributed by atoms with Crippen LogP contribution in [0.15, 0.2) is 28.9 Å². The molecule has 0 aliphatic rings. The number of halogens is 1. The summed E-state index contributed by atoms with van der Waals surface area (Å²) in [5.41, 5.74) is 7.08. The summed E-state index contributed by atoms with van der Waals surface area (Å²) in [6, 6.07) is 5.57. The molecule has 74 valence electrons. The molecule has 0 saturated heterocycles. The predicted molar refractivity (Wildman–Crippen MR) is 58.8 cm³/mol. The van der Waals surface area contributed by atoms with Gasteiger partial charge < -0.3 is 10.2 Å². The SMILES string of the molecule is Cc1occc1C(N)c1ccc(Cl)s1. The van der Waals surface area contributed by atoms with Crippen molar-refractivity contribution in [2.45, 2.75) is 13.0 Å². The van der Waals surface area contributed by atoms with Gasteiger partial charge in [0.1, 0.15) is 5.76 Å². The molecule has 0 aliphatic carbocycles. The minimum absolute atomic E-state index is 0.133. The number of nitrogens with two attached hydrogens (primary N) is 1. The van der Waals surface area contributed by atoms with Gasteiger partial charge in [0, 0.05) is 10.4 Å². The van der Waals surface area contributed by atoms with E-state index in [9.17, 15) is 0 Å². The van der Waals surface area contributed by atoms with Gasteiger partial charge in [-0.2, -0.15) is 0 Å². The third-order valence-electron chi connectivity index (χ3n) is 2.13. The van der Waals surface area contributed by atoms with Crippen molar-refractivity contribution in [2.24, 2.45) is 5.73 Å². The van der Waals surface area contributed by atoms with Gasteiger partial charge in [-0.25, -0.2) is 0 Å². The van der Waals surface area contributed by atoms with E-state index in [1.54, 1.807) is 6.26 Å². The molecule has 2 nitrogen and oxygen atoms in total. The Kier molecular flexibility index (Phi) is 2.63. The molecule has 0 amide bonds. The second-order valence-corrected chi connectivity index (χ2v) is 4.80. The highest BCUT2D eigenvalue weighted by molar-refractivity contribution is 7.16. The molecule has 14 heavy (non-hydrogen) atoms. The first-order valence-electron chi connectivity index (χ1n) is 4.23. The quantitative estimate of drug-likeness (QED) is 0.855. The van der Waals surface area contributed by atoms with Crippen molar-refractivity contribution in [3.8, 4) is 0 Å². The minimum Gasteiger partial charge on any atom is -0.469 e. The number of aryl methyl sites for hydroxylation is 1. The van der Waals surface area contributed by atoms with Crippen LogP contribution in [-0.4, -0.2) is 0 Å². The first-order chi connectivity index (χ1) is 6.68. The van der Waals surface area contributed by atoms with Crippen molar-refractivity contribution >= 4 is 22.9 Å². The highest BCUT2D eigenvalue weighted by Gasteiger charge is 2.14. The van der Waals surface area contributed by atoms with Crippen LogP contribution < -0.4 is 5.73 Å². The molecule has 0 radical (unpaired) electrons. The Morgan fingerprint density at radius 3 is 2.71 bits per heavy atom. The van der Waals surface area contributed by atoms with E-state index >= 15 is 0 Å². The zero-order valence-electron chi connectivity index (χ0n) is 7.66. The van der Waals surface area contributed by atoms with E-state index in [0.717, 1.165) is 20.5 Å². The summed E-state index contributed by atoms with van der Waals surface area (Å²) < 4.78 is 5.97. The summed E-state index contributed by atoms with van der Waals surface area (Å²) in [6.07, 6.45) is 1.65. The molecule has 2 rings (SSSR count). The van der Waals surface area contributed by atoms with Gasteiger partial charge in [0.25, 0.3) is 0 Å². The first-order valence-corrected chi connectivity index (χ1v) is 5.42. The van der Waals surface area contributed by atoms with Crippen LogP contribution in [0.5, 0.6) is 0 Å². The molecule has 0 bridgehead atoms. The smallest absolute Gasteiger partial charge is 0.105 e. The van der Waals surface area contributed by atoms with Crippen molar-refractivity contribution in [3.05, 3.63) is 45.0 Å². The van der Waals surface area contributed by atoms with E-state index in [4.69, 9.17) is 21.8 Å². The van der Waals surface area contributed by atoms with Crippen LogP contribution in [-0.2, 0) is 0 Å². The zero-order chi connectivity index (χ0) is 10.1. The monoisotopic (exact) mass is 227 g/mol. The fourth-order valence-corrected chi connectivity index (χ4v) is 2.45. The van der Waals surface area contributed by atoms with Gasteiger partial charge in [-0.05, 0) is 25.1 Å². The van der Waals surface area contributed by atoms with Crippen molar-refractivity contribution in [2.75, 3.05) is 0 Å². The van der Waals surface area contributed by atoms with Crippen LogP contribution in [0.2, 0.25) is 4.34 Å². The van der Waals surface area contributed by atoms with E-state index in [2.05, 4.69) is 0 Å². The van der Waals surface area contributed by atoms with Crippen LogP contribution in [0.3, 0.4) is 0 Å². The average Bonchev–Trinajstić information content (AvgIpc) is 2.73. The second-order valence-electron chi connectivity index (χ2n) is 3.05. The Labute approximate surface area is 91.3 Å². The largest absolute Gasteiger partial charge is 0.469 e. The molecular formula is C10H10ClNOS. The molecule has 2 aromatic rings. The number of thiophene rings is 1. The van der Waals surface area contributed by atoms with E-state index in [1.165, 1.54) is 11.3 Å². The summed E-state index contributed by atoms with van der Waals surface area (Å²) in [4.78, 5) is 1.06. The van der Waals surface area contributed by atoms with E-state index in [-0.39, 0.29) is 6.04 Å². The van der Waals surface area contributed by atoms with E-state index in [1.807, 2.05) is 25.1 Å². The maximum atomic E-state index is 6.07. The lowest BCUT2D eigenvalue weighted by molar-refractivity contribution is 0.528. The lowest BCUT2D eigenvalue weighted by Gasteiger charge is -2.07. The summed E-state index contributed by atoms with van der Waals surface area (Å²) >= 11 is 7.35. The van der Waals surface area contributed by atoms with Gasteiger partial charge in [0.05, 0.1) is 16.6 Å². The number of hydrogen-bond donors (Lipinski definition) is 1. The van der Waals surface area contributed by atoms with Crippen LogP contribution in [0, 0.1) is 6.92 Å². The first kappa shape index (κ1) is 9.77. The Balaban J connectivity index is 2.33. The van der Waals surface area contributed by atoms with Crippen molar-refractivity contribution in [1.29, 1.82) is 0 Å². The molecule has 2 N–H and O–H groups in total. The van der Waals surface area contributed by atoms with Gasteiger partial charge in [0.2, 0.25) is 0 Å². The average molecular weight is 228 g/mol. The van der Waals surface area contributed by atoms with Crippen molar-refractivity contribution < 1.29 is 4.42 Å². The normalized spacial score (nSPS) is 13.1. The highest BCUT2D eigenvalue weighted by atomic mass is 35.5. The summed E-state index contributed by atoms with van der Waals surface area (Å²) in [6.45, 7) is 1.91. The number of hydrogen-bond acceptors (Lipinski definition) is 3. The molecular weight excluding hydrogens is 218 g/mol. The molecule has 1 atom stereocenters. The Morgan fingerprint density at radius 2 is 2.21 bits per heavy atom. The number of rotatable bonds is 2. The Morgan fingerprint density at radius 1 is 1.43 bits per heavy atom. The fourth-order valence-electron chi connectivity index (χ4n) is 1.37. The van der Waals surface area contributed by atoms with Crippen LogP contribution >= 0.6 is 22.9 Å². The van der Waals surface area contributed by atoms with Crippen LogP contribution in [0.1, 0.15) is 22.2 Å². The molecule has 0 spiro atoms. The standard InChI is InChI=1S/C10H10ClNOS/c1-6-7(4-5-13-6)10(12)8-2-3-9(11)14-8/h2-5,10H,12H2,1H3. The van der Waals surface area contributed by atoms with Gasteiger partial charge in [0.15, 0.2) is 0 Å². The third kappa shape index (κ3) is 1.71. The van der Waals surface area contributed by atoms with Crippen molar-refractivity contribution in [3.63, 3.8) is 0 Å². The maximum Gasteiger partial charge on any atom is 0.105 e. The third-order valence-corrected chi connectivity index (χ3v) is 3.45. The molecule has 0 fully saturated rings. The summed E-state index contributed by atoms with van der Waals surface area (Å²) in [5, 5.41) is 0. The highest BCUT2D eigenvalue weighted by Crippen LogP contribution is 2.30. The zero-order valence-corrected chi connectivity index (χ0v) is 9.23. The van der Waals surface area contributed by atoms with Gasteiger partial charge >= 0.3 is 0 Å². The predicted octanol–water partition coefficient (Wildman–Crippen LogP) is 3.35. The molecule has 0 aliphatic heterocycles. The lowest BCUT2D eigenvalue weighted by Crippen LogP contribution is -2.10. The summed E-state index contributed by atoms with van der Waals surface area (Å²) in [5.74, 6) is 0.863.